The smallest absolute Gasteiger partial charge is 0.266 e. The molecule has 3 N–H and O–H groups in total. The van der Waals surface area contributed by atoms with Crippen molar-refractivity contribution in [2.75, 3.05) is 5.73 Å². The highest BCUT2D eigenvalue weighted by molar-refractivity contribution is 5.82. The Bertz CT molecular complexity index is 1490. The van der Waals surface area contributed by atoms with Crippen LogP contribution in [0, 0.1) is 6.92 Å². The van der Waals surface area contributed by atoms with Gasteiger partial charge in [-0.2, -0.15) is 0 Å². The van der Waals surface area contributed by atoms with Crippen LogP contribution < -0.4 is 11.3 Å². The highest BCUT2D eigenvalue weighted by atomic mass is 16.3. The van der Waals surface area contributed by atoms with Gasteiger partial charge in [-0.3, -0.25) is 9.36 Å². The lowest BCUT2D eigenvalue weighted by Gasteiger charge is -2.16. The molecule has 148 valence electrons. The first-order valence-electron chi connectivity index (χ1n) is 9.25. The molecule has 5 aromatic rings. The molecule has 30 heavy (non-hydrogen) atoms. The number of phenolic OH excluding ortho intramolecular Hbond substituents is 1. The summed E-state index contributed by atoms with van der Waals surface area (Å²) in [6, 6.07) is 12.2. The molecular weight excluding hydrogens is 382 g/mol. The van der Waals surface area contributed by atoms with Crippen LogP contribution in [0.15, 0.2) is 59.9 Å². The summed E-state index contributed by atoms with van der Waals surface area (Å²) in [7, 11) is 0. The Labute approximate surface area is 170 Å². The van der Waals surface area contributed by atoms with Gasteiger partial charge in [0.05, 0.1) is 29.5 Å². The number of hydrogen-bond acceptors (Lipinski definition) is 7. The van der Waals surface area contributed by atoms with Crippen molar-refractivity contribution in [1.29, 1.82) is 0 Å². The molecule has 0 bridgehead atoms. The van der Waals surface area contributed by atoms with Crippen LogP contribution in [0.4, 0.5) is 5.82 Å². The second-order valence-electron chi connectivity index (χ2n) is 6.93. The summed E-state index contributed by atoms with van der Waals surface area (Å²) >= 11 is 0. The molecule has 3 heterocycles. The Kier molecular flexibility index (Phi) is 3.95. The van der Waals surface area contributed by atoms with E-state index in [9.17, 15) is 9.90 Å². The van der Waals surface area contributed by atoms with Gasteiger partial charge in [-0.1, -0.05) is 24.3 Å². The summed E-state index contributed by atoms with van der Waals surface area (Å²) in [5.41, 5.74) is 8.39. The van der Waals surface area contributed by atoms with Gasteiger partial charge in [-0.15, -0.1) is 0 Å². The topological polar surface area (TPSA) is 125 Å². The molecule has 0 fully saturated rings. The van der Waals surface area contributed by atoms with Gasteiger partial charge in [0.1, 0.15) is 23.4 Å². The number of phenols is 1. The predicted octanol–water partition coefficient (Wildman–Crippen LogP) is 2.17. The molecule has 0 atom stereocenters. The van der Waals surface area contributed by atoms with Gasteiger partial charge in [-0.25, -0.2) is 19.9 Å². The molecule has 2 aromatic carbocycles. The van der Waals surface area contributed by atoms with Crippen LogP contribution >= 0.6 is 0 Å². The number of aromatic nitrogens is 6. The van der Waals surface area contributed by atoms with Gasteiger partial charge in [0.25, 0.3) is 5.56 Å². The number of fused-ring (bicyclic) bond motifs is 2. The molecule has 0 amide bonds. The van der Waals surface area contributed by atoms with Crippen molar-refractivity contribution in [1.82, 2.24) is 29.1 Å². The van der Waals surface area contributed by atoms with Crippen molar-refractivity contribution in [2.45, 2.75) is 13.5 Å². The largest absolute Gasteiger partial charge is 0.506 e. The third kappa shape index (κ3) is 2.67. The number of nitrogens with two attached hydrogens (primary N) is 1. The number of imidazole rings is 1. The van der Waals surface area contributed by atoms with Crippen molar-refractivity contribution >= 4 is 27.9 Å². The minimum atomic E-state index is -0.256. The van der Waals surface area contributed by atoms with Gasteiger partial charge >= 0.3 is 0 Å². The highest BCUT2D eigenvalue weighted by Gasteiger charge is 2.18. The summed E-state index contributed by atoms with van der Waals surface area (Å²) < 4.78 is 3.17. The number of hydrogen-bond donors (Lipinski definition) is 2. The number of aryl methyl sites for hydroxylation is 1. The first kappa shape index (κ1) is 17.8. The maximum Gasteiger partial charge on any atom is 0.266 e. The fraction of sp³-hybridized carbons (Fsp3) is 0.0952. The van der Waals surface area contributed by atoms with E-state index in [1.807, 2.05) is 19.1 Å². The lowest BCUT2D eigenvalue weighted by atomic mass is 10.1. The Morgan fingerprint density at radius 3 is 2.73 bits per heavy atom. The third-order valence-corrected chi connectivity index (χ3v) is 5.04. The standard InChI is InChI=1S/C21H17N7O2/c1-12-5-4-6-13-17(12)21(30)28(14-7-2-3-8-15(14)29)16(26-13)9-27-11-25-18-19(22)23-10-24-20(18)27/h2-8,10-11,29H,9H2,1H3,(H2,22,23,24). The van der Waals surface area contributed by atoms with Gasteiger partial charge in [0.2, 0.25) is 0 Å². The normalized spacial score (nSPS) is 11.4. The minimum Gasteiger partial charge on any atom is -0.506 e. The zero-order chi connectivity index (χ0) is 20.8. The van der Waals surface area contributed by atoms with E-state index in [4.69, 9.17) is 10.7 Å². The zero-order valence-electron chi connectivity index (χ0n) is 16.0. The molecule has 0 saturated heterocycles. The average Bonchev–Trinajstić information content (AvgIpc) is 3.13. The summed E-state index contributed by atoms with van der Waals surface area (Å²) in [5.74, 6) is 0.688. The van der Waals surface area contributed by atoms with Crippen molar-refractivity contribution < 1.29 is 5.11 Å². The average molecular weight is 399 g/mol. The van der Waals surface area contributed by atoms with E-state index in [1.165, 1.54) is 17.0 Å². The number of nitrogen functional groups attached to an aromatic ring is 1. The fourth-order valence-corrected chi connectivity index (χ4v) is 3.62. The number of benzene rings is 2. The van der Waals surface area contributed by atoms with Gasteiger partial charge in [-0.05, 0) is 30.7 Å². The summed E-state index contributed by atoms with van der Waals surface area (Å²) in [6.07, 6.45) is 2.95. The van der Waals surface area contributed by atoms with Crippen molar-refractivity contribution in [2.24, 2.45) is 0 Å². The molecule has 0 aliphatic carbocycles. The first-order valence-corrected chi connectivity index (χ1v) is 9.25. The number of nitrogens with zero attached hydrogens (tertiary/aromatic N) is 6. The van der Waals surface area contributed by atoms with E-state index in [1.54, 1.807) is 35.2 Å². The van der Waals surface area contributed by atoms with Crippen LogP contribution in [0.25, 0.3) is 27.8 Å². The third-order valence-electron chi connectivity index (χ3n) is 5.04. The zero-order valence-corrected chi connectivity index (χ0v) is 16.0. The molecule has 0 aliphatic rings. The number of anilines is 1. The maximum absolute atomic E-state index is 13.5. The fourth-order valence-electron chi connectivity index (χ4n) is 3.62. The lowest BCUT2D eigenvalue weighted by Crippen LogP contribution is -2.26. The number of rotatable bonds is 3. The SMILES string of the molecule is Cc1cccc2nc(Cn3cnc4c(N)ncnc43)n(-c3ccccc3O)c(=O)c12. The molecule has 0 aliphatic heterocycles. The second-order valence-corrected chi connectivity index (χ2v) is 6.93. The van der Waals surface area contributed by atoms with Crippen LogP contribution in [0.5, 0.6) is 5.75 Å². The molecule has 0 saturated carbocycles. The van der Waals surface area contributed by atoms with Crippen LogP contribution in [-0.4, -0.2) is 34.2 Å². The lowest BCUT2D eigenvalue weighted by molar-refractivity contribution is 0.470. The van der Waals surface area contributed by atoms with Crippen LogP contribution in [0.3, 0.4) is 0 Å². The molecule has 9 nitrogen and oxygen atoms in total. The quantitative estimate of drug-likeness (QED) is 0.476. The summed E-state index contributed by atoms with van der Waals surface area (Å²) in [6.45, 7) is 2.06. The summed E-state index contributed by atoms with van der Waals surface area (Å²) in [4.78, 5) is 30.8. The highest BCUT2D eigenvalue weighted by Crippen LogP contribution is 2.24. The molecule has 9 heteroatoms. The van der Waals surface area contributed by atoms with Crippen molar-refractivity contribution in [3.05, 3.63) is 76.9 Å². The monoisotopic (exact) mass is 399 g/mol. The predicted molar refractivity (Wildman–Crippen MR) is 113 cm³/mol. The molecule has 3 aromatic heterocycles. The Balaban J connectivity index is 1.80. The second kappa shape index (κ2) is 6.66. The van der Waals surface area contributed by atoms with Crippen molar-refractivity contribution in [3.8, 4) is 11.4 Å². The van der Waals surface area contributed by atoms with E-state index in [0.29, 0.717) is 33.6 Å². The molecular formula is C21H17N7O2. The van der Waals surface area contributed by atoms with E-state index in [2.05, 4.69) is 15.0 Å². The summed E-state index contributed by atoms with van der Waals surface area (Å²) in [5, 5.41) is 11.0. The number of para-hydroxylation sites is 2. The van der Waals surface area contributed by atoms with E-state index in [0.717, 1.165) is 5.56 Å². The molecule has 0 unspecified atom stereocenters. The minimum absolute atomic E-state index is 0.0161. The maximum atomic E-state index is 13.5. The van der Waals surface area contributed by atoms with Crippen LogP contribution in [0.1, 0.15) is 11.4 Å². The molecule has 0 spiro atoms. The first-order chi connectivity index (χ1) is 14.5. The van der Waals surface area contributed by atoms with Gasteiger partial charge < -0.3 is 15.4 Å². The van der Waals surface area contributed by atoms with Crippen molar-refractivity contribution in [3.63, 3.8) is 0 Å². The Morgan fingerprint density at radius 2 is 1.90 bits per heavy atom. The Morgan fingerprint density at radius 1 is 1.07 bits per heavy atom. The van der Waals surface area contributed by atoms with Crippen LogP contribution in [0.2, 0.25) is 0 Å². The Hall–Kier alpha value is -4.27. The van der Waals surface area contributed by atoms with Gasteiger partial charge in [0.15, 0.2) is 11.5 Å². The molecule has 5 rings (SSSR count). The van der Waals surface area contributed by atoms with E-state index in [-0.39, 0.29) is 23.7 Å². The van der Waals surface area contributed by atoms with Gasteiger partial charge in [0, 0.05) is 0 Å². The number of aromatic hydroxyl groups is 1. The van der Waals surface area contributed by atoms with E-state index >= 15 is 0 Å². The van der Waals surface area contributed by atoms with Crippen LogP contribution in [-0.2, 0) is 6.54 Å². The molecule has 0 radical (unpaired) electrons. The van der Waals surface area contributed by atoms with E-state index < -0.39 is 0 Å².